The van der Waals surface area contributed by atoms with Crippen LogP contribution in [-0.2, 0) is 0 Å². The van der Waals surface area contributed by atoms with Gasteiger partial charge in [-0.05, 0) is 41.6 Å². The molecule has 1 N–H and O–H groups in total. The molecule has 4 nitrogen and oxygen atoms in total. The maximum atomic E-state index is 12.0. The molecule has 1 aromatic carbocycles. The van der Waals surface area contributed by atoms with E-state index < -0.39 is 0 Å². The topological polar surface area (TPSA) is 54.9 Å². The number of Topliss-reactive ketones (excluding diaryl/α,β-unsaturated/α-hetero) is 1. The van der Waals surface area contributed by atoms with Crippen molar-refractivity contribution < 1.29 is 4.79 Å². The molecule has 0 unspecified atom stereocenters. The van der Waals surface area contributed by atoms with E-state index in [4.69, 9.17) is 0 Å². The molecular weight excluding hydrogens is 393 g/mol. The molecule has 0 aliphatic rings. The van der Waals surface area contributed by atoms with Gasteiger partial charge in [0.15, 0.2) is 10.1 Å². The highest BCUT2D eigenvalue weighted by Crippen LogP contribution is 2.26. The van der Waals surface area contributed by atoms with E-state index in [-0.39, 0.29) is 5.78 Å². The van der Waals surface area contributed by atoms with E-state index in [2.05, 4.69) is 38.1 Å². The number of rotatable bonds is 6. The molecule has 0 aliphatic heterocycles. The van der Waals surface area contributed by atoms with Crippen molar-refractivity contribution in [2.45, 2.75) is 11.3 Å². The lowest BCUT2D eigenvalue weighted by atomic mass is 10.2. The van der Waals surface area contributed by atoms with Crippen molar-refractivity contribution in [3.63, 3.8) is 0 Å². The lowest BCUT2D eigenvalue weighted by molar-refractivity contribution is 0.102. The molecule has 0 amide bonds. The summed E-state index contributed by atoms with van der Waals surface area (Å²) in [6.07, 6.45) is 0. The summed E-state index contributed by atoms with van der Waals surface area (Å²) in [5.41, 5.74) is 0.740. The van der Waals surface area contributed by atoms with Gasteiger partial charge in [-0.15, -0.1) is 10.2 Å². The van der Waals surface area contributed by atoms with E-state index in [9.17, 15) is 4.79 Å². The summed E-state index contributed by atoms with van der Waals surface area (Å²) in [4.78, 5) is 12.0. The summed E-state index contributed by atoms with van der Waals surface area (Å²) in [7, 11) is 0. The molecule has 0 bridgehead atoms. The van der Waals surface area contributed by atoms with Crippen LogP contribution < -0.4 is 5.32 Å². The number of aromatic nitrogens is 2. The Labute approximate surface area is 133 Å². The number of nitrogens with zero attached hydrogens (tertiary/aromatic N) is 2. The lowest BCUT2D eigenvalue weighted by Crippen LogP contribution is -2.01. The minimum atomic E-state index is 0.113. The number of hydrogen-bond acceptors (Lipinski definition) is 6. The predicted octanol–water partition coefficient (Wildman–Crippen LogP) is 3.55. The minimum Gasteiger partial charge on any atom is -0.360 e. The SMILES string of the molecule is CCNc1nnc(SCC(=O)c2ccc(I)cc2)s1. The van der Waals surface area contributed by atoms with Crippen LogP contribution in [0.4, 0.5) is 5.13 Å². The van der Waals surface area contributed by atoms with Crippen LogP contribution in [0.1, 0.15) is 17.3 Å². The van der Waals surface area contributed by atoms with Gasteiger partial charge in [-0.25, -0.2) is 0 Å². The molecule has 2 aromatic rings. The number of anilines is 1. The molecule has 0 aliphatic carbocycles. The molecule has 0 spiro atoms. The summed E-state index contributed by atoms with van der Waals surface area (Å²) in [5, 5.41) is 11.9. The van der Waals surface area contributed by atoms with Crippen LogP contribution >= 0.6 is 45.7 Å². The highest BCUT2D eigenvalue weighted by molar-refractivity contribution is 14.1. The molecule has 100 valence electrons. The van der Waals surface area contributed by atoms with Crippen LogP contribution in [0.5, 0.6) is 0 Å². The Morgan fingerprint density at radius 1 is 1.37 bits per heavy atom. The quantitative estimate of drug-likeness (QED) is 0.453. The molecular formula is C12H12IN3OS2. The zero-order valence-electron chi connectivity index (χ0n) is 10.2. The molecule has 1 heterocycles. The highest BCUT2D eigenvalue weighted by Gasteiger charge is 2.09. The summed E-state index contributed by atoms with van der Waals surface area (Å²) < 4.78 is 1.94. The number of hydrogen-bond donors (Lipinski definition) is 1. The van der Waals surface area contributed by atoms with Crippen molar-refractivity contribution >= 4 is 56.6 Å². The van der Waals surface area contributed by atoms with Crippen LogP contribution in [0.2, 0.25) is 0 Å². The van der Waals surface area contributed by atoms with Crippen molar-refractivity contribution in [1.29, 1.82) is 0 Å². The van der Waals surface area contributed by atoms with Crippen molar-refractivity contribution in [3.05, 3.63) is 33.4 Å². The molecule has 0 atom stereocenters. The first kappa shape index (κ1) is 14.7. The van der Waals surface area contributed by atoms with Crippen molar-refractivity contribution in [2.75, 3.05) is 17.6 Å². The first-order valence-electron chi connectivity index (χ1n) is 5.68. The summed E-state index contributed by atoms with van der Waals surface area (Å²) in [6, 6.07) is 7.59. The van der Waals surface area contributed by atoms with Gasteiger partial charge in [-0.1, -0.05) is 35.2 Å². The van der Waals surface area contributed by atoms with E-state index in [0.717, 1.165) is 25.1 Å². The molecule has 2 rings (SSSR count). The van der Waals surface area contributed by atoms with Crippen molar-refractivity contribution in [1.82, 2.24) is 10.2 Å². The Hall–Kier alpha value is -0.670. The number of nitrogens with one attached hydrogen (secondary N) is 1. The van der Waals surface area contributed by atoms with Crippen LogP contribution in [-0.4, -0.2) is 28.3 Å². The second kappa shape index (κ2) is 7.20. The third-order valence-corrected chi connectivity index (χ3v) is 4.96. The Kier molecular flexibility index (Phi) is 5.59. The van der Waals surface area contributed by atoms with Gasteiger partial charge in [0, 0.05) is 15.7 Å². The standard InChI is InChI=1S/C12H12IN3OS2/c1-2-14-11-15-16-12(19-11)18-7-10(17)8-3-5-9(13)6-4-8/h3-6H,2,7H2,1H3,(H,14,15). The molecule has 7 heteroatoms. The van der Waals surface area contributed by atoms with Crippen molar-refractivity contribution in [2.24, 2.45) is 0 Å². The van der Waals surface area contributed by atoms with Gasteiger partial charge >= 0.3 is 0 Å². The third kappa shape index (κ3) is 4.43. The zero-order valence-corrected chi connectivity index (χ0v) is 14.0. The number of halogens is 1. The maximum Gasteiger partial charge on any atom is 0.206 e. The molecule has 0 saturated heterocycles. The Bertz CT molecular complexity index is 556. The van der Waals surface area contributed by atoms with Gasteiger partial charge < -0.3 is 5.32 Å². The molecule has 0 radical (unpaired) electrons. The molecule has 1 aromatic heterocycles. The second-order valence-corrected chi connectivity index (χ2v) is 7.07. The van der Waals surface area contributed by atoms with Gasteiger partial charge in [0.25, 0.3) is 0 Å². The Morgan fingerprint density at radius 2 is 2.11 bits per heavy atom. The van der Waals surface area contributed by atoms with Crippen LogP contribution in [0, 0.1) is 3.57 Å². The summed E-state index contributed by atoms with van der Waals surface area (Å²) in [5.74, 6) is 0.503. The normalized spacial score (nSPS) is 10.4. The second-order valence-electron chi connectivity index (χ2n) is 3.62. The molecule has 0 saturated carbocycles. The van der Waals surface area contributed by atoms with E-state index in [0.29, 0.717) is 5.75 Å². The number of ketones is 1. The zero-order chi connectivity index (χ0) is 13.7. The van der Waals surface area contributed by atoms with E-state index in [1.165, 1.54) is 23.1 Å². The smallest absolute Gasteiger partial charge is 0.206 e. The highest BCUT2D eigenvalue weighted by atomic mass is 127. The first-order chi connectivity index (χ1) is 9.19. The van der Waals surface area contributed by atoms with Gasteiger partial charge in [-0.2, -0.15) is 0 Å². The van der Waals surface area contributed by atoms with Crippen LogP contribution in [0.15, 0.2) is 28.6 Å². The number of carbonyl (C=O) groups excluding carboxylic acids is 1. The first-order valence-corrected chi connectivity index (χ1v) is 8.56. The summed E-state index contributed by atoms with van der Waals surface area (Å²) in [6.45, 7) is 2.83. The third-order valence-electron chi connectivity index (χ3n) is 2.23. The average molecular weight is 405 g/mol. The molecule has 19 heavy (non-hydrogen) atoms. The Morgan fingerprint density at radius 3 is 2.79 bits per heavy atom. The number of carbonyl (C=O) groups is 1. The summed E-state index contributed by atoms with van der Waals surface area (Å²) >= 11 is 5.12. The van der Waals surface area contributed by atoms with Gasteiger partial charge in [0.2, 0.25) is 5.13 Å². The fourth-order valence-electron chi connectivity index (χ4n) is 1.34. The Balaban J connectivity index is 1.90. The monoisotopic (exact) mass is 405 g/mol. The van der Waals surface area contributed by atoms with Gasteiger partial charge in [0.05, 0.1) is 5.75 Å². The average Bonchev–Trinajstić information content (AvgIpc) is 2.85. The molecule has 0 fully saturated rings. The fraction of sp³-hybridized carbons (Fsp3) is 0.250. The van der Waals surface area contributed by atoms with Crippen LogP contribution in [0.25, 0.3) is 0 Å². The number of benzene rings is 1. The van der Waals surface area contributed by atoms with E-state index in [1.807, 2.05) is 31.2 Å². The van der Waals surface area contributed by atoms with Gasteiger partial charge in [-0.3, -0.25) is 4.79 Å². The lowest BCUT2D eigenvalue weighted by Gasteiger charge is -1.99. The van der Waals surface area contributed by atoms with Gasteiger partial charge in [0.1, 0.15) is 0 Å². The predicted molar refractivity (Wildman–Crippen MR) is 88.3 cm³/mol. The number of thioether (sulfide) groups is 1. The van der Waals surface area contributed by atoms with E-state index in [1.54, 1.807) is 0 Å². The maximum absolute atomic E-state index is 12.0. The van der Waals surface area contributed by atoms with Crippen molar-refractivity contribution in [3.8, 4) is 0 Å². The fourth-order valence-corrected chi connectivity index (χ4v) is 3.41. The minimum absolute atomic E-state index is 0.113. The van der Waals surface area contributed by atoms with Crippen LogP contribution in [0.3, 0.4) is 0 Å². The van der Waals surface area contributed by atoms with E-state index >= 15 is 0 Å². The largest absolute Gasteiger partial charge is 0.360 e.